The number of rotatable bonds is 10. The van der Waals surface area contributed by atoms with Crippen molar-refractivity contribution in [1.82, 2.24) is 0 Å². The molecule has 0 aromatic rings. The average molecular weight is 316 g/mol. The normalized spacial score (nSPS) is 11.8. The van der Waals surface area contributed by atoms with Gasteiger partial charge in [-0.3, -0.25) is 9.59 Å². The van der Waals surface area contributed by atoms with E-state index in [-0.39, 0.29) is 11.9 Å². The first-order chi connectivity index (χ1) is 10.2. The van der Waals surface area contributed by atoms with Crippen molar-refractivity contribution in [2.45, 2.75) is 80.1 Å². The predicted molar refractivity (Wildman–Crippen MR) is 90.8 cm³/mol. The molecule has 0 saturated carbocycles. The molecule has 0 fully saturated rings. The molecule has 0 heterocycles. The van der Waals surface area contributed by atoms with Gasteiger partial charge in [-0.25, -0.2) is 0 Å². The van der Waals surface area contributed by atoms with Crippen LogP contribution in [0.2, 0.25) is 0 Å². The van der Waals surface area contributed by atoms with E-state index < -0.39 is 5.97 Å². The number of carbonyl (C=O) groups is 2. The Kier molecular flexibility index (Phi) is 15.7. The van der Waals surface area contributed by atoms with Crippen LogP contribution >= 0.6 is 0 Å². The van der Waals surface area contributed by atoms with E-state index in [4.69, 9.17) is 9.84 Å². The number of unbranched alkanes of at least 4 members (excludes halogenated alkanes) is 1. The molecule has 0 aliphatic carbocycles. The van der Waals surface area contributed by atoms with Crippen molar-refractivity contribution in [2.24, 2.45) is 17.8 Å². The van der Waals surface area contributed by atoms with Gasteiger partial charge < -0.3 is 9.84 Å². The van der Waals surface area contributed by atoms with E-state index in [0.29, 0.717) is 24.9 Å². The zero-order valence-electron chi connectivity index (χ0n) is 15.4. The molecule has 0 radical (unpaired) electrons. The molecule has 0 amide bonds. The molecular weight excluding hydrogens is 280 g/mol. The lowest BCUT2D eigenvalue weighted by atomic mass is 9.96. The molecule has 4 heteroatoms. The van der Waals surface area contributed by atoms with Crippen LogP contribution in [-0.2, 0) is 14.3 Å². The lowest BCUT2D eigenvalue weighted by Crippen LogP contribution is -2.13. The highest BCUT2D eigenvalue weighted by atomic mass is 16.5. The number of ether oxygens (including phenoxy) is 1. The summed E-state index contributed by atoms with van der Waals surface area (Å²) in [6, 6.07) is 0. The van der Waals surface area contributed by atoms with Gasteiger partial charge in [-0.2, -0.15) is 0 Å². The van der Waals surface area contributed by atoms with Crippen molar-refractivity contribution < 1.29 is 19.4 Å². The van der Waals surface area contributed by atoms with Crippen LogP contribution in [0.15, 0.2) is 0 Å². The van der Waals surface area contributed by atoms with Crippen molar-refractivity contribution in [3.8, 4) is 0 Å². The summed E-state index contributed by atoms with van der Waals surface area (Å²) in [5.41, 5.74) is 0. The second kappa shape index (κ2) is 14.9. The first kappa shape index (κ1) is 23.2. The van der Waals surface area contributed by atoms with Crippen LogP contribution in [0.4, 0.5) is 0 Å². The summed E-state index contributed by atoms with van der Waals surface area (Å²) in [4.78, 5) is 21.4. The largest absolute Gasteiger partial charge is 0.481 e. The molecule has 0 spiro atoms. The number of carbonyl (C=O) groups excluding carboxylic acids is 1. The Balaban J connectivity index is 0. The molecule has 0 saturated heterocycles. The lowest BCUT2D eigenvalue weighted by Gasteiger charge is -2.10. The van der Waals surface area contributed by atoms with Gasteiger partial charge in [0, 0.05) is 6.42 Å². The molecule has 0 aliphatic heterocycles. The summed E-state index contributed by atoms with van der Waals surface area (Å²) in [6.07, 6.45) is 5.19. The minimum absolute atomic E-state index is 0.0616. The number of esters is 1. The van der Waals surface area contributed by atoms with E-state index >= 15 is 0 Å². The Morgan fingerprint density at radius 2 is 1.59 bits per heavy atom. The highest BCUT2D eigenvalue weighted by Crippen LogP contribution is 2.15. The number of hydrogen-bond donors (Lipinski definition) is 1. The molecule has 4 nitrogen and oxygen atoms in total. The summed E-state index contributed by atoms with van der Waals surface area (Å²) >= 11 is 0. The number of hydrogen-bond acceptors (Lipinski definition) is 3. The fraction of sp³-hybridized carbons (Fsp3) is 0.889. The Labute approximate surface area is 136 Å². The quantitative estimate of drug-likeness (QED) is 0.459. The maximum Gasteiger partial charge on any atom is 0.306 e. The molecule has 0 aromatic heterocycles. The molecule has 1 unspecified atom stereocenters. The van der Waals surface area contributed by atoms with E-state index in [1.165, 1.54) is 0 Å². The number of carboxylic acid groups (broad SMARTS) is 1. The van der Waals surface area contributed by atoms with Gasteiger partial charge in [0.25, 0.3) is 0 Å². The van der Waals surface area contributed by atoms with Gasteiger partial charge in [0.1, 0.15) is 0 Å². The Bertz CT molecular complexity index is 285. The Morgan fingerprint density at radius 3 is 1.95 bits per heavy atom. The number of carboxylic acids is 1. The minimum Gasteiger partial charge on any atom is -0.481 e. The first-order valence-corrected chi connectivity index (χ1v) is 8.62. The zero-order valence-corrected chi connectivity index (χ0v) is 15.4. The minimum atomic E-state index is -0.645. The van der Waals surface area contributed by atoms with Crippen molar-refractivity contribution in [3.05, 3.63) is 0 Å². The zero-order chi connectivity index (χ0) is 17.5. The van der Waals surface area contributed by atoms with E-state index in [0.717, 1.165) is 32.1 Å². The molecule has 132 valence electrons. The van der Waals surface area contributed by atoms with Gasteiger partial charge in [-0.15, -0.1) is 0 Å². The topological polar surface area (TPSA) is 63.6 Å². The van der Waals surface area contributed by atoms with Crippen LogP contribution in [0.25, 0.3) is 0 Å². The van der Waals surface area contributed by atoms with Gasteiger partial charge in [0.15, 0.2) is 0 Å². The molecule has 0 bridgehead atoms. The van der Waals surface area contributed by atoms with Gasteiger partial charge >= 0.3 is 11.9 Å². The molecule has 0 aliphatic rings. The molecule has 0 rings (SSSR count). The fourth-order valence-electron chi connectivity index (χ4n) is 1.76. The van der Waals surface area contributed by atoms with Gasteiger partial charge in [-0.05, 0) is 31.1 Å². The van der Waals surface area contributed by atoms with Crippen molar-refractivity contribution in [1.29, 1.82) is 0 Å². The summed E-state index contributed by atoms with van der Waals surface area (Å²) in [6.45, 7) is 12.9. The van der Waals surface area contributed by atoms with Crippen LogP contribution in [0, 0.1) is 17.8 Å². The maximum atomic E-state index is 10.9. The predicted octanol–water partition coefficient (Wildman–Crippen LogP) is 4.91. The van der Waals surface area contributed by atoms with Crippen LogP contribution in [0.3, 0.4) is 0 Å². The summed E-state index contributed by atoms with van der Waals surface area (Å²) < 4.78 is 4.95. The third-order valence-corrected chi connectivity index (χ3v) is 3.27. The highest BCUT2D eigenvalue weighted by Gasteiger charge is 2.14. The Hall–Kier alpha value is -1.06. The van der Waals surface area contributed by atoms with Crippen molar-refractivity contribution in [3.63, 3.8) is 0 Å². The summed E-state index contributed by atoms with van der Waals surface area (Å²) in [5.74, 6) is 0.187. The lowest BCUT2D eigenvalue weighted by molar-refractivity contribution is -0.144. The first-order valence-electron chi connectivity index (χ1n) is 8.62. The molecule has 22 heavy (non-hydrogen) atoms. The van der Waals surface area contributed by atoms with Crippen molar-refractivity contribution >= 4 is 11.9 Å². The second-order valence-corrected chi connectivity index (χ2v) is 6.59. The van der Waals surface area contributed by atoms with E-state index in [2.05, 4.69) is 20.8 Å². The van der Waals surface area contributed by atoms with Crippen LogP contribution in [0.5, 0.6) is 0 Å². The molecular formula is C18H36O4. The molecule has 1 atom stereocenters. The third-order valence-electron chi connectivity index (χ3n) is 3.27. The van der Waals surface area contributed by atoms with Crippen LogP contribution in [0.1, 0.15) is 80.1 Å². The SMILES string of the molecule is CCC(CCC(C)C)C(=O)O.CCCCOC(=O)CC(C)C. The van der Waals surface area contributed by atoms with Gasteiger partial charge in [-0.1, -0.05) is 54.4 Å². The van der Waals surface area contributed by atoms with Crippen molar-refractivity contribution in [2.75, 3.05) is 6.61 Å². The highest BCUT2D eigenvalue weighted by molar-refractivity contribution is 5.70. The van der Waals surface area contributed by atoms with Gasteiger partial charge in [0.05, 0.1) is 12.5 Å². The monoisotopic (exact) mass is 316 g/mol. The number of aliphatic carboxylic acids is 1. The summed E-state index contributed by atoms with van der Waals surface area (Å²) in [5, 5.41) is 8.69. The maximum absolute atomic E-state index is 10.9. The second-order valence-electron chi connectivity index (χ2n) is 6.59. The van der Waals surface area contributed by atoms with E-state index in [1.807, 2.05) is 20.8 Å². The van der Waals surface area contributed by atoms with Gasteiger partial charge in [0.2, 0.25) is 0 Å². The van der Waals surface area contributed by atoms with Crippen LogP contribution in [-0.4, -0.2) is 23.7 Å². The molecule has 1 N–H and O–H groups in total. The molecule has 0 aromatic carbocycles. The third kappa shape index (κ3) is 17.0. The summed E-state index contributed by atoms with van der Waals surface area (Å²) in [7, 11) is 0. The average Bonchev–Trinajstić information content (AvgIpc) is 2.38. The van der Waals surface area contributed by atoms with Crippen LogP contribution < -0.4 is 0 Å². The Morgan fingerprint density at radius 1 is 1.00 bits per heavy atom. The fourth-order valence-corrected chi connectivity index (χ4v) is 1.76. The van der Waals surface area contributed by atoms with E-state index in [1.54, 1.807) is 0 Å². The van der Waals surface area contributed by atoms with E-state index in [9.17, 15) is 9.59 Å². The standard InChI is InChI=1S/2C9H18O2/c1-4-8(9(10)11)6-5-7(2)3;1-4-5-6-11-9(10)7-8(2)3/h7-8H,4-6H2,1-3H3,(H,10,11);8H,4-7H2,1-3H3. The smallest absolute Gasteiger partial charge is 0.306 e.